The molecule has 0 aromatic carbocycles. The predicted molar refractivity (Wildman–Crippen MR) is 49.6 cm³/mol. The zero-order valence-electron chi connectivity index (χ0n) is 7.72. The summed E-state index contributed by atoms with van der Waals surface area (Å²) >= 11 is 0. The van der Waals surface area contributed by atoms with Crippen molar-refractivity contribution in [3.8, 4) is 0 Å². The molecule has 12 heavy (non-hydrogen) atoms. The van der Waals surface area contributed by atoms with Crippen LogP contribution >= 0.6 is 0 Å². The molecule has 0 aliphatic heterocycles. The molecule has 3 aliphatic carbocycles. The molecular weight excluding hydrogens is 146 g/mol. The molecule has 2 N–H and O–H groups in total. The van der Waals surface area contributed by atoms with Crippen molar-refractivity contribution in [1.82, 2.24) is 0 Å². The second-order valence-electron chi connectivity index (χ2n) is 5.18. The lowest BCUT2D eigenvalue weighted by Gasteiger charge is -2.29. The number of hydrogen-bond donors (Lipinski definition) is 1. The minimum Gasteiger partial charge on any atom is -0.325 e. The van der Waals surface area contributed by atoms with Crippen LogP contribution in [0.5, 0.6) is 0 Å². The van der Waals surface area contributed by atoms with Crippen LogP contribution in [0.15, 0.2) is 11.6 Å². The topological polar surface area (TPSA) is 26.0 Å². The van der Waals surface area contributed by atoms with Crippen LogP contribution in [0.4, 0.5) is 0 Å². The number of nitrogens with two attached hydrogens (primary N) is 1. The van der Waals surface area contributed by atoms with Gasteiger partial charge in [-0.3, -0.25) is 0 Å². The van der Waals surface area contributed by atoms with E-state index in [1.165, 1.54) is 19.3 Å². The highest BCUT2D eigenvalue weighted by atomic mass is 14.8. The van der Waals surface area contributed by atoms with Crippen LogP contribution in [-0.4, -0.2) is 5.54 Å². The highest BCUT2D eigenvalue weighted by Crippen LogP contribution is 2.56. The fourth-order valence-corrected chi connectivity index (χ4v) is 3.79. The van der Waals surface area contributed by atoms with Crippen molar-refractivity contribution in [3.63, 3.8) is 0 Å². The van der Waals surface area contributed by atoms with Gasteiger partial charge in [0.2, 0.25) is 0 Å². The second-order valence-corrected chi connectivity index (χ2v) is 5.18. The van der Waals surface area contributed by atoms with Gasteiger partial charge in [-0.2, -0.15) is 0 Å². The lowest BCUT2D eigenvalue weighted by atomic mass is 9.81. The van der Waals surface area contributed by atoms with Crippen molar-refractivity contribution in [2.24, 2.45) is 23.5 Å². The quantitative estimate of drug-likeness (QED) is 0.544. The minimum atomic E-state index is 0.207. The van der Waals surface area contributed by atoms with Gasteiger partial charge in [0.25, 0.3) is 0 Å². The summed E-state index contributed by atoms with van der Waals surface area (Å²) in [6, 6.07) is 0. The fourth-order valence-electron chi connectivity index (χ4n) is 3.79. The maximum atomic E-state index is 6.29. The van der Waals surface area contributed by atoms with Crippen molar-refractivity contribution >= 4 is 0 Å². The summed E-state index contributed by atoms with van der Waals surface area (Å²) in [4.78, 5) is 0. The van der Waals surface area contributed by atoms with E-state index < -0.39 is 0 Å². The largest absolute Gasteiger partial charge is 0.325 e. The van der Waals surface area contributed by atoms with Crippen molar-refractivity contribution in [2.75, 3.05) is 0 Å². The average molecular weight is 163 g/mol. The molecule has 2 bridgehead atoms. The predicted octanol–water partition coefficient (Wildman–Crippen LogP) is 2.08. The van der Waals surface area contributed by atoms with Crippen LogP contribution < -0.4 is 5.73 Å². The van der Waals surface area contributed by atoms with Gasteiger partial charge in [0.05, 0.1) is 0 Å². The molecule has 1 heteroatoms. The third kappa shape index (κ3) is 0.731. The molecule has 2 fully saturated rings. The summed E-state index contributed by atoms with van der Waals surface area (Å²) in [6.45, 7) is 2.38. The first kappa shape index (κ1) is 7.14. The molecule has 0 heterocycles. The van der Waals surface area contributed by atoms with Crippen molar-refractivity contribution in [1.29, 1.82) is 0 Å². The summed E-state index contributed by atoms with van der Waals surface area (Å²) in [5, 5.41) is 0. The Morgan fingerprint density at radius 3 is 3.17 bits per heavy atom. The molecule has 0 aromatic heterocycles. The molecule has 4 unspecified atom stereocenters. The fraction of sp³-hybridized carbons (Fsp3) is 0.818. The Bertz CT molecular complexity index is 256. The van der Waals surface area contributed by atoms with Gasteiger partial charge in [0.1, 0.15) is 0 Å². The summed E-state index contributed by atoms with van der Waals surface area (Å²) in [6.07, 6.45) is 7.59. The lowest BCUT2D eigenvalue weighted by Crippen LogP contribution is -2.38. The minimum absolute atomic E-state index is 0.207. The molecule has 0 saturated heterocycles. The maximum absolute atomic E-state index is 6.29. The van der Waals surface area contributed by atoms with Gasteiger partial charge in [-0.05, 0) is 43.4 Å². The SMILES string of the molecule is CC1CC2CC3(N)CC=C1C2C3. The summed E-state index contributed by atoms with van der Waals surface area (Å²) in [5.41, 5.74) is 8.24. The van der Waals surface area contributed by atoms with Crippen LogP contribution in [0.1, 0.15) is 32.6 Å². The first-order valence-electron chi connectivity index (χ1n) is 5.17. The normalized spacial score (nSPS) is 55.8. The van der Waals surface area contributed by atoms with Gasteiger partial charge < -0.3 is 5.73 Å². The van der Waals surface area contributed by atoms with Gasteiger partial charge in [0.15, 0.2) is 0 Å². The summed E-state index contributed by atoms with van der Waals surface area (Å²) in [5.74, 6) is 2.70. The van der Waals surface area contributed by atoms with Gasteiger partial charge >= 0.3 is 0 Å². The lowest BCUT2D eigenvalue weighted by molar-refractivity contribution is 0.384. The van der Waals surface area contributed by atoms with Gasteiger partial charge in [-0.15, -0.1) is 0 Å². The zero-order chi connectivity index (χ0) is 8.34. The summed E-state index contributed by atoms with van der Waals surface area (Å²) < 4.78 is 0. The molecule has 0 aromatic rings. The van der Waals surface area contributed by atoms with Crippen LogP contribution in [0.3, 0.4) is 0 Å². The van der Waals surface area contributed by atoms with Gasteiger partial charge in [0, 0.05) is 5.54 Å². The number of allylic oxidation sites excluding steroid dienone is 1. The van der Waals surface area contributed by atoms with E-state index in [1.54, 1.807) is 5.57 Å². The molecule has 0 radical (unpaired) electrons. The van der Waals surface area contributed by atoms with Crippen LogP contribution in [0, 0.1) is 17.8 Å². The van der Waals surface area contributed by atoms with E-state index in [4.69, 9.17) is 5.73 Å². The Kier molecular flexibility index (Phi) is 1.16. The molecule has 66 valence electrons. The van der Waals surface area contributed by atoms with Crippen LogP contribution in [0.2, 0.25) is 0 Å². The highest BCUT2D eigenvalue weighted by Gasteiger charge is 2.50. The van der Waals surface area contributed by atoms with E-state index in [1.807, 2.05) is 0 Å². The van der Waals surface area contributed by atoms with E-state index >= 15 is 0 Å². The molecular formula is C11H17N. The number of fused-ring (bicyclic) bond motifs is 1. The van der Waals surface area contributed by atoms with E-state index in [2.05, 4.69) is 13.0 Å². The van der Waals surface area contributed by atoms with Crippen molar-refractivity contribution in [2.45, 2.75) is 38.1 Å². The van der Waals surface area contributed by atoms with E-state index in [-0.39, 0.29) is 5.54 Å². The van der Waals surface area contributed by atoms with Gasteiger partial charge in [-0.25, -0.2) is 0 Å². The Labute approximate surface area is 74.0 Å². The third-order valence-corrected chi connectivity index (χ3v) is 4.26. The third-order valence-electron chi connectivity index (χ3n) is 4.26. The summed E-state index contributed by atoms with van der Waals surface area (Å²) in [7, 11) is 0. The Hall–Kier alpha value is -0.300. The molecule has 3 rings (SSSR count). The highest BCUT2D eigenvalue weighted by molar-refractivity contribution is 5.27. The Balaban J connectivity index is 2.05. The molecule has 2 saturated carbocycles. The monoisotopic (exact) mass is 163 g/mol. The Morgan fingerprint density at radius 1 is 1.50 bits per heavy atom. The first-order valence-corrected chi connectivity index (χ1v) is 5.17. The number of rotatable bonds is 0. The first-order chi connectivity index (χ1) is 5.68. The molecule has 4 atom stereocenters. The second kappa shape index (κ2) is 1.95. The maximum Gasteiger partial charge on any atom is 0.0197 e. The molecule has 0 amide bonds. The van der Waals surface area contributed by atoms with Gasteiger partial charge in [-0.1, -0.05) is 18.6 Å². The molecule has 0 spiro atoms. The molecule has 1 nitrogen and oxygen atoms in total. The molecule has 3 aliphatic rings. The average Bonchev–Trinajstić information content (AvgIpc) is 2.37. The van der Waals surface area contributed by atoms with Crippen molar-refractivity contribution < 1.29 is 0 Å². The van der Waals surface area contributed by atoms with Crippen LogP contribution in [0.25, 0.3) is 0 Å². The van der Waals surface area contributed by atoms with E-state index in [0.717, 1.165) is 24.2 Å². The van der Waals surface area contributed by atoms with Crippen molar-refractivity contribution in [3.05, 3.63) is 11.6 Å². The Morgan fingerprint density at radius 2 is 2.33 bits per heavy atom. The van der Waals surface area contributed by atoms with Crippen LogP contribution in [-0.2, 0) is 0 Å². The van der Waals surface area contributed by atoms with E-state index in [0.29, 0.717) is 0 Å². The van der Waals surface area contributed by atoms with E-state index in [9.17, 15) is 0 Å². The zero-order valence-corrected chi connectivity index (χ0v) is 7.72. The smallest absolute Gasteiger partial charge is 0.0197 e. The number of hydrogen-bond acceptors (Lipinski definition) is 1. The standard InChI is InChI=1S/C11H17N/c1-7-4-8-5-11(12)3-2-9(7)10(8)6-11/h2,7-8,10H,3-6,12H2,1H3.